The minimum Gasteiger partial charge on any atom is -0.339 e. The number of hydrogen-bond donors (Lipinski definition) is 1. The van der Waals surface area contributed by atoms with Crippen LogP contribution in [0.1, 0.15) is 36.5 Å². The van der Waals surface area contributed by atoms with Crippen LogP contribution >= 0.6 is 0 Å². The quantitative estimate of drug-likeness (QED) is 0.882. The Hall–Kier alpha value is -1.75. The molecular weight excluding hydrogens is 233 g/mol. The van der Waals surface area contributed by atoms with Crippen molar-refractivity contribution in [3.8, 4) is 0 Å². The van der Waals surface area contributed by atoms with Gasteiger partial charge in [0.1, 0.15) is 5.82 Å². The van der Waals surface area contributed by atoms with E-state index in [1.165, 1.54) is 12.1 Å². The molecule has 0 amide bonds. The van der Waals surface area contributed by atoms with Crippen molar-refractivity contribution in [3.63, 3.8) is 0 Å². The van der Waals surface area contributed by atoms with Gasteiger partial charge in [0.05, 0.1) is 0 Å². The molecule has 0 fully saturated rings. The van der Waals surface area contributed by atoms with Crippen molar-refractivity contribution in [2.24, 2.45) is 5.73 Å². The van der Waals surface area contributed by atoms with Crippen molar-refractivity contribution in [3.05, 3.63) is 47.4 Å². The van der Waals surface area contributed by atoms with Crippen molar-refractivity contribution in [1.82, 2.24) is 10.1 Å². The fourth-order valence-corrected chi connectivity index (χ4v) is 1.70. The van der Waals surface area contributed by atoms with Gasteiger partial charge >= 0.3 is 0 Å². The molecule has 1 aromatic carbocycles. The molecule has 1 heterocycles. The Bertz CT molecular complexity index is 495. The van der Waals surface area contributed by atoms with Crippen LogP contribution < -0.4 is 5.73 Å². The predicted molar refractivity (Wildman–Crippen MR) is 65.6 cm³/mol. The van der Waals surface area contributed by atoms with Gasteiger partial charge in [-0.1, -0.05) is 24.2 Å². The summed E-state index contributed by atoms with van der Waals surface area (Å²) in [6.07, 6.45) is 1.36. The maximum absolute atomic E-state index is 12.8. The Morgan fingerprint density at radius 1 is 1.33 bits per heavy atom. The van der Waals surface area contributed by atoms with Crippen molar-refractivity contribution in [2.75, 3.05) is 6.54 Å². The van der Waals surface area contributed by atoms with Crippen LogP contribution in [0.5, 0.6) is 0 Å². The van der Waals surface area contributed by atoms with Gasteiger partial charge < -0.3 is 10.3 Å². The van der Waals surface area contributed by atoms with Gasteiger partial charge in [0, 0.05) is 12.3 Å². The standard InChI is InChI=1S/C13H16FN3O/c1-9(6-7-15)13-16-12(17-18-13)8-10-2-4-11(14)5-3-10/h2-5,9H,6-8,15H2,1H3. The smallest absolute Gasteiger partial charge is 0.229 e. The van der Waals surface area contributed by atoms with Crippen LogP contribution in [0.4, 0.5) is 4.39 Å². The lowest BCUT2D eigenvalue weighted by Gasteiger charge is -2.01. The highest BCUT2D eigenvalue weighted by molar-refractivity contribution is 5.19. The van der Waals surface area contributed by atoms with E-state index in [2.05, 4.69) is 10.1 Å². The number of nitrogens with two attached hydrogens (primary N) is 1. The SMILES string of the molecule is CC(CCN)c1nc(Cc2ccc(F)cc2)no1. The number of hydrogen-bond acceptors (Lipinski definition) is 4. The highest BCUT2D eigenvalue weighted by Crippen LogP contribution is 2.17. The van der Waals surface area contributed by atoms with Gasteiger partial charge in [-0.3, -0.25) is 0 Å². The fourth-order valence-electron chi connectivity index (χ4n) is 1.70. The highest BCUT2D eigenvalue weighted by atomic mass is 19.1. The summed E-state index contributed by atoms with van der Waals surface area (Å²) in [6.45, 7) is 2.60. The zero-order valence-electron chi connectivity index (χ0n) is 10.3. The molecule has 0 aliphatic carbocycles. The van der Waals surface area contributed by atoms with Gasteiger partial charge in [-0.2, -0.15) is 4.98 Å². The zero-order valence-corrected chi connectivity index (χ0v) is 10.3. The van der Waals surface area contributed by atoms with E-state index in [9.17, 15) is 4.39 Å². The summed E-state index contributed by atoms with van der Waals surface area (Å²) in [5.41, 5.74) is 6.44. The van der Waals surface area contributed by atoms with Crippen LogP contribution in [0.25, 0.3) is 0 Å². The second-order valence-corrected chi connectivity index (χ2v) is 4.33. The zero-order chi connectivity index (χ0) is 13.0. The lowest BCUT2D eigenvalue weighted by molar-refractivity contribution is 0.351. The van der Waals surface area contributed by atoms with E-state index in [0.29, 0.717) is 24.7 Å². The Morgan fingerprint density at radius 2 is 2.06 bits per heavy atom. The summed E-state index contributed by atoms with van der Waals surface area (Å²) < 4.78 is 17.9. The first kappa shape index (κ1) is 12.7. The number of benzene rings is 1. The van der Waals surface area contributed by atoms with E-state index < -0.39 is 0 Å². The molecule has 0 spiro atoms. The third-order valence-electron chi connectivity index (χ3n) is 2.78. The number of rotatable bonds is 5. The topological polar surface area (TPSA) is 64.9 Å². The second kappa shape index (κ2) is 5.73. The predicted octanol–water partition coefficient (Wildman–Crippen LogP) is 2.25. The molecule has 2 aromatic rings. The normalized spacial score (nSPS) is 12.6. The summed E-state index contributed by atoms with van der Waals surface area (Å²) in [4.78, 5) is 4.32. The Balaban J connectivity index is 2.04. The monoisotopic (exact) mass is 249 g/mol. The molecule has 4 nitrogen and oxygen atoms in total. The molecule has 5 heteroatoms. The molecular formula is C13H16FN3O. The molecule has 0 saturated heterocycles. The van der Waals surface area contributed by atoms with Crippen LogP contribution in [-0.4, -0.2) is 16.7 Å². The molecule has 0 aliphatic heterocycles. The molecule has 0 radical (unpaired) electrons. The molecule has 2 N–H and O–H groups in total. The highest BCUT2D eigenvalue weighted by Gasteiger charge is 2.13. The van der Waals surface area contributed by atoms with E-state index in [4.69, 9.17) is 10.3 Å². The van der Waals surface area contributed by atoms with E-state index in [1.54, 1.807) is 12.1 Å². The molecule has 2 rings (SSSR count). The van der Waals surface area contributed by atoms with Crippen molar-refractivity contribution in [2.45, 2.75) is 25.7 Å². The summed E-state index contributed by atoms with van der Waals surface area (Å²) in [7, 11) is 0. The van der Waals surface area contributed by atoms with Crippen LogP contribution in [0.3, 0.4) is 0 Å². The van der Waals surface area contributed by atoms with Crippen LogP contribution in [0.15, 0.2) is 28.8 Å². The minimum atomic E-state index is -0.246. The third kappa shape index (κ3) is 3.13. The molecule has 96 valence electrons. The van der Waals surface area contributed by atoms with Crippen LogP contribution in [-0.2, 0) is 6.42 Å². The van der Waals surface area contributed by atoms with Gasteiger partial charge in [0.25, 0.3) is 0 Å². The number of nitrogens with zero attached hydrogens (tertiary/aromatic N) is 2. The molecule has 0 aliphatic rings. The van der Waals surface area contributed by atoms with Crippen molar-refractivity contribution >= 4 is 0 Å². The maximum Gasteiger partial charge on any atom is 0.229 e. The lowest BCUT2D eigenvalue weighted by atomic mass is 10.1. The van der Waals surface area contributed by atoms with Gasteiger partial charge in [-0.25, -0.2) is 4.39 Å². The van der Waals surface area contributed by atoms with E-state index >= 15 is 0 Å². The summed E-state index contributed by atoms with van der Waals surface area (Å²) >= 11 is 0. The van der Waals surface area contributed by atoms with E-state index in [1.807, 2.05) is 6.92 Å². The molecule has 18 heavy (non-hydrogen) atoms. The van der Waals surface area contributed by atoms with E-state index in [-0.39, 0.29) is 11.7 Å². The van der Waals surface area contributed by atoms with Crippen molar-refractivity contribution < 1.29 is 8.91 Å². The van der Waals surface area contributed by atoms with Crippen LogP contribution in [0, 0.1) is 5.82 Å². The molecule has 1 aromatic heterocycles. The average molecular weight is 249 g/mol. The second-order valence-electron chi connectivity index (χ2n) is 4.33. The number of halogens is 1. The average Bonchev–Trinajstić information content (AvgIpc) is 2.81. The maximum atomic E-state index is 12.8. The summed E-state index contributed by atoms with van der Waals surface area (Å²) in [5.74, 6) is 1.15. The molecule has 0 bridgehead atoms. The van der Waals surface area contributed by atoms with Gasteiger partial charge in [0.2, 0.25) is 5.89 Å². The molecule has 0 saturated carbocycles. The lowest BCUT2D eigenvalue weighted by Crippen LogP contribution is -2.04. The Kier molecular flexibility index (Phi) is 4.04. The summed E-state index contributed by atoms with van der Waals surface area (Å²) in [5, 5.41) is 3.92. The van der Waals surface area contributed by atoms with Gasteiger partial charge in [0.15, 0.2) is 5.82 Å². The van der Waals surface area contributed by atoms with Gasteiger partial charge in [-0.05, 0) is 30.7 Å². The Labute approximate surface area is 105 Å². The van der Waals surface area contributed by atoms with E-state index in [0.717, 1.165) is 12.0 Å². The fraction of sp³-hybridized carbons (Fsp3) is 0.385. The summed E-state index contributed by atoms with van der Waals surface area (Å²) in [6, 6.07) is 6.28. The van der Waals surface area contributed by atoms with Crippen LogP contribution in [0.2, 0.25) is 0 Å². The first-order valence-corrected chi connectivity index (χ1v) is 5.96. The first-order chi connectivity index (χ1) is 8.69. The van der Waals surface area contributed by atoms with Gasteiger partial charge in [-0.15, -0.1) is 0 Å². The first-order valence-electron chi connectivity index (χ1n) is 5.96. The number of aromatic nitrogens is 2. The largest absolute Gasteiger partial charge is 0.339 e. The van der Waals surface area contributed by atoms with Crippen molar-refractivity contribution in [1.29, 1.82) is 0 Å². The minimum absolute atomic E-state index is 0.171. The molecule has 1 atom stereocenters. The molecule has 1 unspecified atom stereocenters. The third-order valence-corrected chi connectivity index (χ3v) is 2.78. The Morgan fingerprint density at radius 3 is 2.72 bits per heavy atom.